The van der Waals surface area contributed by atoms with E-state index >= 15 is 0 Å². The van der Waals surface area contributed by atoms with Crippen molar-refractivity contribution in [3.63, 3.8) is 0 Å². The number of thioether (sulfide) groups is 1. The van der Waals surface area contributed by atoms with Crippen LogP contribution >= 0.6 is 11.8 Å². The third-order valence-electron chi connectivity index (χ3n) is 6.18. The summed E-state index contributed by atoms with van der Waals surface area (Å²) in [5, 5.41) is 0.631. The van der Waals surface area contributed by atoms with Crippen LogP contribution in [0.3, 0.4) is 0 Å². The molecule has 1 aliphatic heterocycles. The Bertz CT molecular complexity index is 1300. The van der Waals surface area contributed by atoms with Crippen LogP contribution in [-0.2, 0) is 4.79 Å². The van der Waals surface area contributed by atoms with Crippen LogP contribution in [-0.4, -0.2) is 24.3 Å². The van der Waals surface area contributed by atoms with Crippen molar-refractivity contribution in [3.8, 4) is 11.5 Å². The predicted octanol–water partition coefficient (Wildman–Crippen LogP) is 8.47. The normalized spacial score (nSPS) is 15.5. The second-order valence-corrected chi connectivity index (χ2v) is 10.4. The maximum atomic E-state index is 13.7. The highest BCUT2D eigenvalue weighted by Crippen LogP contribution is 2.38. The van der Waals surface area contributed by atoms with E-state index in [2.05, 4.69) is 6.92 Å². The van der Waals surface area contributed by atoms with Gasteiger partial charge in [0, 0.05) is 0 Å². The quantitative estimate of drug-likeness (QED) is 0.185. The zero-order chi connectivity index (χ0) is 26.9. The van der Waals surface area contributed by atoms with Gasteiger partial charge in [-0.25, -0.2) is 4.99 Å². The van der Waals surface area contributed by atoms with Crippen molar-refractivity contribution in [2.75, 3.05) is 18.1 Å². The molecule has 0 radical (unpaired) electrons. The number of carbonyl (C=O) groups excluding carboxylic acids is 1. The van der Waals surface area contributed by atoms with Gasteiger partial charge in [-0.15, -0.1) is 0 Å². The van der Waals surface area contributed by atoms with Gasteiger partial charge < -0.3 is 9.47 Å². The van der Waals surface area contributed by atoms with Crippen molar-refractivity contribution in [1.29, 1.82) is 0 Å². The summed E-state index contributed by atoms with van der Waals surface area (Å²) >= 11 is 1.38. The van der Waals surface area contributed by atoms with Crippen LogP contribution in [0.5, 0.6) is 11.5 Å². The molecule has 0 saturated carbocycles. The van der Waals surface area contributed by atoms with Crippen molar-refractivity contribution < 1.29 is 14.3 Å². The minimum Gasteiger partial charge on any atom is -0.490 e. The molecule has 1 amide bonds. The Hall–Kier alpha value is -3.51. The fraction of sp³-hybridized carbons (Fsp3) is 0.312. The number of aryl methyl sites for hydroxylation is 2. The fourth-order valence-electron chi connectivity index (χ4n) is 4.06. The summed E-state index contributed by atoms with van der Waals surface area (Å²) in [5.41, 5.74) is 4.78. The lowest BCUT2D eigenvalue weighted by molar-refractivity contribution is -0.113. The minimum absolute atomic E-state index is 0.0982. The number of unbranched alkanes of at least 4 members (excludes halogenated alkanes) is 3. The molecule has 6 heteroatoms. The van der Waals surface area contributed by atoms with E-state index in [1.165, 1.54) is 30.2 Å². The van der Waals surface area contributed by atoms with Crippen molar-refractivity contribution in [2.45, 2.75) is 53.4 Å². The van der Waals surface area contributed by atoms with Crippen LogP contribution in [0.15, 0.2) is 76.6 Å². The molecule has 1 saturated heterocycles. The number of rotatable bonds is 11. The molecule has 3 aromatic rings. The van der Waals surface area contributed by atoms with E-state index in [-0.39, 0.29) is 5.91 Å². The Balaban J connectivity index is 1.62. The number of aliphatic imine (C=N–C) groups is 1. The standard InChI is InChI=1S/C32H36N2O3S/c1-5-7-8-9-20-37-28-19-14-25(21-29(28)36-6-2)22-30-31(35)34(27-17-12-24(4)13-18-27)32(38-30)33-26-15-10-23(3)11-16-26/h10-19,21-22H,5-9,20H2,1-4H3/b30-22+,33-32?. The second-order valence-electron chi connectivity index (χ2n) is 9.36. The first-order valence-corrected chi connectivity index (χ1v) is 14.2. The summed E-state index contributed by atoms with van der Waals surface area (Å²) in [5.74, 6) is 1.33. The SMILES string of the molecule is CCCCCCOc1ccc(/C=C2/SC(=Nc3ccc(C)cc3)N(c3ccc(C)cc3)C2=O)cc1OCC. The first-order valence-electron chi connectivity index (χ1n) is 13.3. The predicted molar refractivity (Wildman–Crippen MR) is 160 cm³/mol. The number of ether oxygens (including phenoxy) is 2. The van der Waals surface area contributed by atoms with Crippen LogP contribution in [0.2, 0.25) is 0 Å². The number of hydrogen-bond acceptors (Lipinski definition) is 5. The van der Waals surface area contributed by atoms with E-state index in [1.54, 1.807) is 4.90 Å². The van der Waals surface area contributed by atoms with E-state index in [1.807, 2.05) is 93.6 Å². The van der Waals surface area contributed by atoms with Gasteiger partial charge in [-0.2, -0.15) is 0 Å². The van der Waals surface area contributed by atoms with E-state index < -0.39 is 0 Å². The van der Waals surface area contributed by atoms with Crippen molar-refractivity contribution in [1.82, 2.24) is 0 Å². The van der Waals surface area contributed by atoms with Crippen LogP contribution in [0.4, 0.5) is 11.4 Å². The van der Waals surface area contributed by atoms with Gasteiger partial charge in [0.25, 0.3) is 5.91 Å². The maximum absolute atomic E-state index is 13.7. The van der Waals surface area contributed by atoms with Crippen LogP contribution in [0.1, 0.15) is 56.2 Å². The molecule has 0 N–H and O–H groups in total. The van der Waals surface area contributed by atoms with Gasteiger partial charge in [-0.1, -0.05) is 67.6 Å². The summed E-state index contributed by atoms with van der Waals surface area (Å²) in [4.78, 5) is 20.8. The lowest BCUT2D eigenvalue weighted by Gasteiger charge is -2.16. The lowest BCUT2D eigenvalue weighted by Crippen LogP contribution is -2.28. The molecule has 198 valence electrons. The number of carbonyl (C=O) groups is 1. The minimum atomic E-state index is -0.0982. The number of nitrogens with zero attached hydrogens (tertiary/aromatic N) is 2. The molecule has 5 nitrogen and oxygen atoms in total. The Morgan fingerprint density at radius 2 is 1.55 bits per heavy atom. The first-order chi connectivity index (χ1) is 18.5. The molecule has 0 spiro atoms. The summed E-state index contributed by atoms with van der Waals surface area (Å²) in [7, 11) is 0. The van der Waals surface area contributed by atoms with Gasteiger partial charge in [0.15, 0.2) is 16.7 Å². The number of amidine groups is 1. The Morgan fingerprint density at radius 3 is 2.24 bits per heavy atom. The van der Waals surface area contributed by atoms with Crippen LogP contribution in [0, 0.1) is 13.8 Å². The fourth-order valence-corrected chi connectivity index (χ4v) is 5.07. The highest BCUT2D eigenvalue weighted by Gasteiger charge is 2.34. The molecule has 38 heavy (non-hydrogen) atoms. The molecule has 0 aliphatic carbocycles. The third-order valence-corrected chi connectivity index (χ3v) is 7.15. The van der Waals surface area contributed by atoms with E-state index in [4.69, 9.17) is 14.5 Å². The first kappa shape index (κ1) is 27.5. The monoisotopic (exact) mass is 528 g/mol. The molecule has 3 aromatic carbocycles. The zero-order valence-corrected chi connectivity index (χ0v) is 23.5. The number of anilines is 1. The third kappa shape index (κ3) is 7.07. The second kappa shape index (κ2) is 13.3. The number of hydrogen-bond donors (Lipinski definition) is 0. The summed E-state index contributed by atoms with van der Waals surface area (Å²) in [6, 6.07) is 21.8. The molecule has 0 unspecified atom stereocenters. The molecular formula is C32H36N2O3S. The van der Waals surface area contributed by atoms with Gasteiger partial charge in [0.2, 0.25) is 0 Å². The average molecular weight is 529 g/mol. The smallest absolute Gasteiger partial charge is 0.271 e. The van der Waals surface area contributed by atoms with E-state index in [9.17, 15) is 4.79 Å². The Morgan fingerprint density at radius 1 is 0.842 bits per heavy atom. The Labute approximate surface area is 230 Å². The largest absolute Gasteiger partial charge is 0.490 e. The van der Waals surface area contributed by atoms with Crippen LogP contribution in [0.25, 0.3) is 6.08 Å². The lowest BCUT2D eigenvalue weighted by atomic mass is 10.1. The molecule has 4 rings (SSSR count). The van der Waals surface area contributed by atoms with Gasteiger partial charge in [0.05, 0.1) is 29.5 Å². The maximum Gasteiger partial charge on any atom is 0.271 e. The van der Waals surface area contributed by atoms with E-state index in [0.29, 0.717) is 29.0 Å². The van der Waals surface area contributed by atoms with Gasteiger partial charge >= 0.3 is 0 Å². The molecule has 1 heterocycles. The van der Waals surface area contributed by atoms with Crippen LogP contribution < -0.4 is 14.4 Å². The van der Waals surface area contributed by atoms with E-state index in [0.717, 1.165) is 41.1 Å². The number of benzene rings is 3. The average Bonchev–Trinajstić information content (AvgIpc) is 3.21. The summed E-state index contributed by atoms with van der Waals surface area (Å²) in [6.07, 6.45) is 6.50. The van der Waals surface area contributed by atoms with Crippen molar-refractivity contribution in [3.05, 3.63) is 88.3 Å². The molecule has 0 bridgehead atoms. The molecule has 0 atom stereocenters. The summed E-state index contributed by atoms with van der Waals surface area (Å²) < 4.78 is 11.9. The van der Waals surface area contributed by atoms with Crippen molar-refractivity contribution >= 4 is 40.3 Å². The summed E-state index contributed by atoms with van der Waals surface area (Å²) in [6.45, 7) is 9.44. The van der Waals surface area contributed by atoms with Gasteiger partial charge in [-0.3, -0.25) is 9.69 Å². The van der Waals surface area contributed by atoms with Gasteiger partial charge in [-0.05, 0) is 87.0 Å². The zero-order valence-electron chi connectivity index (χ0n) is 22.7. The van der Waals surface area contributed by atoms with Gasteiger partial charge in [0.1, 0.15) is 0 Å². The topological polar surface area (TPSA) is 51.1 Å². The van der Waals surface area contributed by atoms with Crippen molar-refractivity contribution in [2.24, 2.45) is 4.99 Å². The molecule has 1 aliphatic rings. The Kier molecular flexibility index (Phi) is 9.66. The highest BCUT2D eigenvalue weighted by atomic mass is 32.2. The molecule has 0 aromatic heterocycles. The molecule has 1 fully saturated rings. The molecular weight excluding hydrogens is 492 g/mol. The highest BCUT2D eigenvalue weighted by molar-refractivity contribution is 8.19. The number of amides is 1.